The molecule has 0 atom stereocenters. The molecule has 0 radical (unpaired) electrons. The zero-order chi connectivity index (χ0) is 19.1. The number of alkyl halides is 11. The van der Waals surface area contributed by atoms with Crippen LogP contribution in [0.4, 0.5) is 57.1 Å². The molecule has 0 spiro atoms. The van der Waals surface area contributed by atoms with Crippen molar-refractivity contribution in [1.82, 2.24) is 0 Å². The Hall–Kier alpha value is -1.37. The van der Waals surface area contributed by atoms with Crippen molar-refractivity contribution in [2.45, 2.75) is 36.8 Å². The first-order valence-electron chi connectivity index (χ1n) is 5.16. The Morgan fingerprint density at radius 3 is 1.39 bits per heavy atom. The Bertz CT molecular complexity index is 461. The van der Waals surface area contributed by atoms with Gasteiger partial charge in [0, 0.05) is 0 Å². The van der Waals surface area contributed by atoms with E-state index in [9.17, 15) is 57.1 Å². The summed E-state index contributed by atoms with van der Waals surface area (Å²) in [5.74, 6) is -34.3. The van der Waals surface area contributed by atoms with Gasteiger partial charge in [-0.15, -0.1) is 0 Å². The molecule has 0 bridgehead atoms. The minimum atomic E-state index is -7.81. The Balaban J connectivity index is 6.20. The molecule has 23 heavy (non-hydrogen) atoms. The van der Waals surface area contributed by atoms with Crippen molar-refractivity contribution in [3.63, 3.8) is 0 Å². The van der Waals surface area contributed by atoms with E-state index in [2.05, 4.69) is 4.74 Å². The first-order chi connectivity index (χ1) is 9.89. The summed E-state index contributed by atoms with van der Waals surface area (Å²) in [7, 11) is 0. The van der Waals surface area contributed by atoms with Crippen molar-refractivity contribution in [2.24, 2.45) is 0 Å². The standard InChI is InChI=1S/C9H5F13O/c1-2-23-4(11)3(10)5(12,13)6(14,15)7(16,17)8(18,19)9(20,21)22/h2H2,1H3. The maximum Gasteiger partial charge on any atom is 0.460 e. The van der Waals surface area contributed by atoms with Crippen LogP contribution >= 0.6 is 0 Å². The summed E-state index contributed by atoms with van der Waals surface area (Å²) in [4.78, 5) is 0. The van der Waals surface area contributed by atoms with Gasteiger partial charge in [0.25, 0.3) is 0 Å². The number of rotatable bonds is 6. The molecular weight excluding hydrogens is 371 g/mol. The molecule has 138 valence electrons. The van der Waals surface area contributed by atoms with Crippen LogP contribution in [0.3, 0.4) is 0 Å². The summed E-state index contributed by atoms with van der Waals surface area (Å²) in [5.41, 5.74) is 0. The third-order valence-corrected chi connectivity index (χ3v) is 2.26. The highest BCUT2D eigenvalue weighted by atomic mass is 19.4. The molecule has 0 aliphatic rings. The smallest absolute Gasteiger partial charge is 0.460 e. The van der Waals surface area contributed by atoms with E-state index in [0.717, 1.165) is 6.92 Å². The van der Waals surface area contributed by atoms with Crippen LogP contribution in [-0.4, -0.2) is 36.5 Å². The minimum Gasteiger partial charge on any atom is -0.469 e. The van der Waals surface area contributed by atoms with Crippen LogP contribution in [0, 0.1) is 0 Å². The molecule has 0 N–H and O–H groups in total. The van der Waals surface area contributed by atoms with Crippen molar-refractivity contribution < 1.29 is 61.8 Å². The van der Waals surface area contributed by atoms with Crippen molar-refractivity contribution in [1.29, 1.82) is 0 Å². The second kappa shape index (κ2) is 5.92. The van der Waals surface area contributed by atoms with Gasteiger partial charge in [0.05, 0.1) is 6.61 Å². The monoisotopic (exact) mass is 376 g/mol. The van der Waals surface area contributed by atoms with Crippen molar-refractivity contribution in [3.05, 3.63) is 11.8 Å². The lowest BCUT2D eigenvalue weighted by Crippen LogP contribution is -2.66. The lowest BCUT2D eigenvalue weighted by atomic mass is 9.97. The normalized spacial score (nSPS) is 16.3. The first kappa shape index (κ1) is 21.6. The predicted octanol–water partition coefficient (Wildman–Crippen LogP) is 5.23. The zero-order valence-electron chi connectivity index (χ0n) is 10.5. The summed E-state index contributed by atoms with van der Waals surface area (Å²) in [6, 6.07) is -3.18. The van der Waals surface area contributed by atoms with Gasteiger partial charge in [0.2, 0.25) is 5.83 Å². The number of hydrogen-bond donors (Lipinski definition) is 0. The largest absolute Gasteiger partial charge is 0.469 e. The summed E-state index contributed by atoms with van der Waals surface area (Å²) < 4.78 is 166. The molecule has 0 aliphatic carbocycles. The number of ether oxygens (including phenoxy) is 1. The molecule has 0 aromatic heterocycles. The van der Waals surface area contributed by atoms with Crippen LogP contribution in [0.2, 0.25) is 0 Å². The maximum atomic E-state index is 12.9. The second-order valence-electron chi connectivity index (χ2n) is 3.82. The average molecular weight is 376 g/mol. The van der Waals surface area contributed by atoms with Gasteiger partial charge >= 0.3 is 35.9 Å². The predicted molar refractivity (Wildman–Crippen MR) is 46.7 cm³/mol. The fraction of sp³-hybridized carbons (Fsp3) is 0.778. The van der Waals surface area contributed by atoms with Gasteiger partial charge < -0.3 is 4.74 Å². The van der Waals surface area contributed by atoms with Gasteiger partial charge in [-0.25, -0.2) is 0 Å². The van der Waals surface area contributed by atoms with Gasteiger partial charge in [-0.1, -0.05) is 0 Å². The van der Waals surface area contributed by atoms with Crippen molar-refractivity contribution in [2.75, 3.05) is 6.61 Å². The molecule has 0 unspecified atom stereocenters. The molecule has 14 heteroatoms. The Morgan fingerprint density at radius 2 is 1.09 bits per heavy atom. The molecule has 0 saturated carbocycles. The van der Waals surface area contributed by atoms with Crippen LogP contribution in [0.15, 0.2) is 11.8 Å². The fourth-order valence-electron chi connectivity index (χ4n) is 1.02. The number of hydrogen-bond acceptors (Lipinski definition) is 1. The van der Waals surface area contributed by atoms with Crippen molar-refractivity contribution >= 4 is 0 Å². The quantitative estimate of drug-likeness (QED) is 0.456. The summed E-state index contributed by atoms with van der Waals surface area (Å²) >= 11 is 0. The van der Waals surface area contributed by atoms with Crippen LogP contribution in [0.5, 0.6) is 0 Å². The third kappa shape index (κ3) is 3.16. The second-order valence-corrected chi connectivity index (χ2v) is 3.82. The molecule has 0 aromatic carbocycles. The average Bonchev–Trinajstić information content (AvgIpc) is 2.35. The molecule has 0 rings (SSSR count). The van der Waals surface area contributed by atoms with E-state index in [4.69, 9.17) is 0 Å². The summed E-state index contributed by atoms with van der Waals surface area (Å²) in [6.07, 6.45) is -7.38. The molecule has 0 fully saturated rings. The van der Waals surface area contributed by atoms with Gasteiger partial charge in [-0.3, -0.25) is 0 Å². The number of allylic oxidation sites excluding steroid dienone is 1. The highest BCUT2D eigenvalue weighted by Crippen LogP contribution is 2.59. The Morgan fingerprint density at radius 1 is 0.696 bits per heavy atom. The Labute approximate surface area is 118 Å². The van der Waals surface area contributed by atoms with E-state index in [0.29, 0.717) is 0 Å². The molecule has 1 nitrogen and oxygen atoms in total. The topological polar surface area (TPSA) is 9.23 Å². The summed E-state index contributed by atoms with van der Waals surface area (Å²) in [6.45, 7) is -0.175. The van der Waals surface area contributed by atoms with Crippen LogP contribution in [0.25, 0.3) is 0 Å². The lowest BCUT2D eigenvalue weighted by molar-refractivity contribution is -0.419. The summed E-state index contributed by atoms with van der Waals surface area (Å²) in [5, 5.41) is 0. The maximum absolute atomic E-state index is 12.9. The highest BCUT2D eigenvalue weighted by molar-refractivity contribution is 5.17. The van der Waals surface area contributed by atoms with Gasteiger partial charge in [-0.2, -0.15) is 57.1 Å². The minimum absolute atomic E-state index is 0.801. The van der Waals surface area contributed by atoms with E-state index in [1.165, 1.54) is 0 Å². The Kier molecular flexibility index (Phi) is 5.57. The van der Waals surface area contributed by atoms with Crippen molar-refractivity contribution in [3.8, 4) is 0 Å². The van der Waals surface area contributed by atoms with E-state index in [1.54, 1.807) is 0 Å². The van der Waals surface area contributed by atoms with Crippen LogP contribution in [0.1, 0.15) is 6.92 Å². The zero-order valence-corrected chi connectivity index (χ0v) is 10.5. The molecule has 0 heterocycles. The van der Waals surface area contributed by atoms with E-state index < -0.39 is 48.3 Å². The van der Waals surface area contributed by atoms with Gasteiger partial charge in [0.1, 0.15) is 0 Å². The first-order valence-corrected chi connectivity index (χ1v) is 5.16. The lowest BCUT2D eigenvalue weighted by Gasteiger charge is -2.36. The number of halogens is 13. The van der Waals surface area contributed by atoms with Crippen LogP contribution in [-0.2, 0) is 4.74 Å². The molecule has 0 saturated heterocycles. The highest BCUT2D eigenvalue weighted by Gasteiger charge is 2.88. The van der Waals surface area contributed by atoms with E-state index >= 15 is 0 Å². The van der Waals surface area contributed by atoms with Gasteiger partial charge in [-0.05, 0) is 6.92 Å². The van der Waals surface area contributed by atoms with Gasteiger partial charge in [0.15, 0.2) is 0 Å². The molecule has 0 aromatic rings. The fourth-order valence-corrected chi connectivity index (χ4v) is 1.02. The molecular formula is C9H5F13O. The van der Waals surface area contributed by atoms with E-state index in [-0.39, 0.29) is 0 Å². The van der Waals surface area contributed by atoms with Crippen LogP contribution < -0.4 is 0 Å². The SMILES string of the molecule is CCOC(F)=C(F)C(F)(F)C(F)(F)C(F)(F)C(F)(F)C(F)(F)F. The molecule has 0 aliphatic heterocycles. The van der Waals surface area contributed by atoms with E-state index in [1.807, 2.05) is 0 Å². The third-order valence-electron chi connectivity index (χ3n) is 2.26. The molecule has 0 amide bonds.